The summed E-state index contributed by atoms with van der Waals surface area (Å²) in [4.78, 5) is 2.01. The lowest BCUT2D eigenvalue weighted by molar-refractivity contribution is 1.29. The first-order chi connectivity index (χ1) is 7.61. The predicted octanol–water partition coefficient (Wildman–Crippen LogP) is 4.55. The lowest BCUT2D eigenvalue weighted by Crippen LogP contribution is -1.90. The molecule has 0 saturated heterocycles. The van der Waals surface area contributed by atoms with Crippen molar-refractivity contribution in [1.82, 2.24) is 0 Å². The maximum atomic E-state index is 4.54. The zero-order chi connectivity index (χ0) is 11.7. The van der Waals surface area contributed by atoms with Gasteiger partial charge in [-0.2, -0.15) is 0 Å². The average Bonchev–Trinajstić information content (AvgIpc) is 2.21. The molecule has 16 heavy (non-hydrogen) atoms. The molecule has 0 fully saturated rings. The van der Waals surface area contributed by atoms with Gasteiger partial charge in [-0.05, 0) is 48.2 Å². The van der Waals surface area contributed by atoms with Crippen LogP contribution in [0.1, 0.15) is 11.1 Å². The Morgan fingerprint density at radius 1 is 0.688 bits per heavy atom. The van der Waals surface area contributed by atoms with Crippen molar-refractivity contribution >= 4 is 25.3 Å². The van der Waals surface area contributed by atoms with E-state index in [2.05, 4.69) is 51.2 Å². The smallest absolute Gasteiger partial charge is 0.0122 e. The van der Waals surface area contributed by atoms with Crippen LogP contribution in [0.3, 0.4) is 0 Å². The largest absolute Gasteiger partial charge is 0.143 e. The highest BCUT2D eigenvalue weighted by atomic mass is 32.1. The molecule has 0 spiro atoms. The minimum Gasteiger partial charge on any atom is -0.143 e. The Morgan fingerprint density at radius 2 is 1.06 bits per heavy atom. The van der Waals surface area contributed by atoms with Gasteiger partial charge in [0.2, 0.25) is 0 Å². The fraction of sp³-hybridized carbons (Fsp3) is 0.143. The zero-order valence-corrected chi connectivity index (χ0v) is 11.1. The van der Waals surface area contributed by atoms with Crippen LogP contribution in [0.25, 0.3) is 11.1 Å². The van der Waals surface area contributed by atoms with Crippen LogP contribution in [0, 0.1) is 13.8 Å². The van der Waals surface area contributed by atoms with Crippen LogP contribution in [0.2, 0.25) is 0 Å². The van der Waals surface area contributed by atoms with Crippen molar-refractivity contribution in [3.8, 4) is 11.1 Å². The van der Waals surface area contributed by atoms with E-state index < -0.39 is 0 Å². The van der Waals surface area contributed by atoms with Crippen molar-refractivity contribution < 1.29 is 0 Å². The summed E-state index contributed by atoms with van der Waals surface area (Å²) in [6, 6.07) is 12.3. The highest BCUT2D eigenvalue weighted by Crippen LogP contribution is 2.36. The summed E-state index contributed by atoms with van der Waals surface area (Å²) in [5, 5.41) is 0. The van der Waals surface area contributed by atoms with E-state index in [1.165, 1.54) is 22.3 Å². The molecule has 0 radical (unpaired) electrons. The summed E-state index contributed by atoms with van der Waals surface area (Å²) in [6.45, 7) is 4.21. The molecule has 0 aromatic heterocycles. The van der Waals surface area contributed by atoms with E-state index in [1.54, 1.807) is 0 Å². The monoisotopic (exact) mass is 246 g/mol. The van der Waals surface area contributed by atoms with Gasteiger partial charge in [-0.3, -0.25) is 0 Å². The second-order valence-electron chi connectivity index (χ2n) is 3.94. The molecule has 0 saturated carbocycles. The Hall–Kier alpha value is -0.860. The number of thiol groups is 2. The van der Waals surface area contributed by atoms with Crippen molar-refractivity contribution in [2.75, 3.05) is 0 Å². The van der Waals surface area contributed by atoms with Gasteiger partial charge in [0.1, 0.15) is 0 Å². The summed E-state index contributed by atoms with van der Waals surface area (Å²) in [7, 11) is 0. The number of benzene rings is 2. The van der Waals surface area contributed by atoms with E-state index in [9.17, 15) is 0 Å². The Balaban J connectivity index is 2.77. The van der Waals surface area contributed by atoms with Crippen molar-refractivity contribution in [2.45, 2.75) is 23.6 Å². The fourth-order valence-corrected chi connectivity index (χ4v) is 2.70. The van der Waals surface area contributed by atoms with Gasteiger partial charge in [-0.1, -0.05) is 24.3 Å². The summed E-state index contributed by atoms with van der Waals surface area (Å²) in [6.07, 6.45) is 0. The number of aryl methyl sites for hydroxylation is 2. The number of hydrogen-bond donors (Lipinski definition) is 2. The molecule has 0 heterocycles. The molecular formula is C14H14S2. The van der Waals surface area contributed by atoms with Crippen LogP contribution < -0.4 is 0 Å². The zero-order valence-electron chi connectivity index (χ0n) is 9.36. The lowest BCUT2D eigenvalue weighted by atomic mass is 9.96. The Bertz CT molecular complexity index is 440. The lowest BCUT2D eigenvalue weighted by Gasteiger charge is -2.14. The van der Waals surface area contributed by atoms with Crippen LogP contribution in [0.5, 0.6) is 0 Å². The third-order valence-corrected chi connectivity index (χ3v) is 3.50. The van der Waals surface area contributed by atoms with Gasteiger partial charge in [0, 0.05) is 9.79 Å². The van der Waals surface area contributed by atoms with Gasteiger partial charge in [0.05, 0.1) is 0 Å². The molecule has 2 rings (SSSR count). The highest BCUT2D eigenvalue weighted by Gasteiger charge is 2.10. The topological polar surface area (TPSA) is 0 Å². The summed E-state index contributed by atoms with van der Waals surface area (Å²) in [5.74, 6) is 0. The Kier molecular flexibility index (Phi) is 3.31. The van der Waals surface area contributed by atoms with E-state index in [0.717, 1.165) is 9.79 Å². The van der Waals surface area contributed by atoms with E-state index in [4.69, 9.17) is 0 Å². The van der Waals surface area contributed by atoms with Crippen LogP contribution in [-0.2, 0) is 0 Å². The summed E-state index contributed by atoms with van der Waals surface area (Å²) in [5.41, 5.74) is 4.84. The Labute approximate surface area is 108 Å². The third-order valence-electron chi connectivity index (χ3n) is 2.75. The van der Waals surface area contributed by atoms with Gasteiger partial charge >= 0.3 is 0 Å². The normalized spacial score (nSPS) is 10.5. The first kappa shape index (κ1) is 11.6. The van der Waals surface area contributed by atoms with Gasteiger partial charge in [-0.25, -0.2) is 0 Å². The molecule has 0 bridgehead atoms. The molecule has 0 atom stereocenters. The van der Waals surface area contributed by atoms with Crippen LogP contribution in [-0.4, -0.2) is 0 Å². The SMILES string of the molecule is Cc1cccc(S)c1-c1c(C)cccc1S. The first-order valence-electron chi connectivity index (χ1n) is 5.19. The molecule has 0 amide bonds. The first-order valence-corrected chi connectivity index (χ1v) is 6.08. The van der Waals surface area contributed by atoms with E-state index >= 15 is 0 Å². The minimum atomic E-state index is 1.00. The maximum absolute atomic E-state index is 4.54. The van der Waals surface area contributed by atoms with Crippen LogP contribution in [0.15, 0.2) is 46.2 Å². The van der Waals surface area contributed by atoms with Crippen LogP contribution in [0.4, 0.5) is 0 Å². The molecule has 0 unspecified atom stereocenters. The van der Waals surface area contributed by atoms with Crippen molar-refractivity contribution in [1.29, 1.82) is 0 Å². The van der Waals surface area contributed by atoms with Crippen LogP contribution >= 0.6 is 25.3 Å². The number of rotatable bonds is 1. The molecule has 0 aliphatic rings. The van der Waals surface area contributed by atoms with Crippen molar-refractivity contribution in [2.24, 2.45) is 0 Å². The quantitative estimate of drug-likeness (QED) is 0.678. The van der Waals surface area contributed by atoms with Gasteiger partial charge in [0.15, 0.2) is 0 Å². The molecule has 0 aliphatic heterocycles. The standard InChI is InChI=1S/C14H14S2/c1-9-5-3-7-11(15)13(9)14-10(2)6-4-8-12(14)16/h3-8,15-16H,1-2H3. The molecule has 0 aliphatic carbocycles. The fourth-order valence-electron chi connectivity index (χ4n) is 1.96. The van der Waals surface area contributed by atoms with E-state index in [0.29, 0.717) is 0 Å². The molecule has 2 heteroatoms. The van der Waals surface area contributed by atoms with Crippen molar-refractivity contribution in [3.63, 3.8) is 0 Å². The van der Waals surface area contributed by atoms with E-state index in [-0.39, 0.29) is 0 Å². The second kappa shape index (κ2) is 4.56. The van der Waals surface area contributed by atoms with Gasteiger partial charge < -0.3 is 0 Å². The maximum Gasteiger partial charge on any atom is 0.0122 e. The van der Waals surface area contributed by atoms with Crippen molar-refractivity contribution in [3.05, 3.63) is 47.5 Å². The molecule has 0 N–H and O–H groups in total. The highest BCUT2D eigenvalue weighted by molar-refractivity contribution is 7.80. The minimum absolute atomic E-state index is 1.00. The van der Waals surface area contributed by atoms with Gasteiger partial charge in [-0.15, -0.1) is 25.3 Å². The third kappa shape index (κ3) is 2.00. The summed E-state index contributed by atoms with van der Waals surface area (Å²) >= 11 is 9.08. The van der Waals surface area contributed by atoms with E-state index in [1.807, 2.05) is 24.3 Å². The second-order valence-corrected chi connectivity index (χ2v) is 4.90. The molecule has 2 aromatic carbocycles. The number of hydrogen-bond acceptors (Lipinski definition) is 2. The molecular weight excluding hydrogens is 232 g/mol. The van der Waals surface area contributed by atoms with Gasteiger partial charge in [0.25, 0.3) is 0 Å². The molecule has 0 nitrogen and oxygen atoms in total. The molecule has 2 aromatic rings. The predicted molar refractivity (Wildman–Crippen MR) is 75.9 cm³/mol. The summed E-state index contributed by atoms with van der Waals surface area (Å²) < 4.78 is 0. The Morgan fingerprint density at radius 3 is 1.38 bits per heavy atom. The molecule has 82 valence electrons. The average molecular weight is 246 g/mol.